The molecule has 1 atom stereocenters. The number of rotatable bonds is 3. The molecule has 1 fully saturated rings. The molecule has 5 nitrogen and oxygen atoms in total. The topological polar surface area (TPSA) is 46.8 Å². The highest BCUT2D eigenvalue weighted by Gasteiger charge is 2.24. The molecular weight excluding hydrogens is 226 g/mol. The quantitative estimate of drug-likeness (QED) is 0.825. The van der Waals surface area contributed by atoms with Crippen molar-refractivity contribution in [3.05, 3.63) is 5.82 Å². The molecule has 1 aliphatic heterocycles. The Balaban J connectivity index is 2.03. The number of piperidine rings is 1. The third kappa shape index (κ3) is 3.07. The highest BCUT2D eigenvalue weighted by atomic mass is 15.6. The molecule has 2 heterocycles. The average molecular weight is 251 g/mol. The molecule has 1 aliphatic rings. The summed E-state index contributed by atoms with van der Waals surface area (Å²) in [5, 5.41) is 12.1. The zero-order chi connectivity index (χ0) is 13.2. The molecule has 5 heteroatoms. The molecule has 1 saturated heterocycles. The number of hydrogen-bond acceptors (Lipinski definition) is 4. The lowest BCUT2D eigenvalue weighted by Gasteiger charge is -2.32. The molecule has 0 amide bonds. The van der Waals surface area contributed by atoms with E-state index in [0.29, 0.717) is 0 Å². The fraction of sp³-hybridized carbons (Fsp3) is 0.923. The van der Waals surface area contributed by atoms with Gasteiger partial charge in [-0.1, -0.05) is 13.3 Å². The molecule has 0 bridgehead atoms. The van der Waals surface area contributed by atoms with Gasteiger partial charge in [0.25, 0.3) is 0 Å². The minimum absolute atomic E-state index is 0.0429. The van der Waals surface area contributed by atoms with Crippen LogP contribution in [0, 0.1) is 5.92 Å². The largest absolute Gasteiger partial charge is 0.296 e. The van der Waals surface area contributed by atoms with Crippen LogP contribution in [0.3, 0.4) is 0 Å². The third-order valence-corrected chi connectivity index (χ3v) is 3.71. The van der Waals surface area contributed by atoms with Crippen LogP contribution in [0.5, 0.6) is 0 Å². The van der Waals surface area contributed by atoms with Crippen molar-refractivity contribution in [1.29, 1.82) is 0 Å². The van der Waals surface area contributed by atoms with E-state index < -0.39 is 0 Å². The molecule has 0 aliphatic carbocycles. The Labute approximate surface area is 110 Å². The summed E-state index contributed by atoms with van der Waals surface area (Å²) < 4.78 is 1.95. The van der Waals surface area contributed by atoms with Crippen molar-refractivity contribution in [2.75, 3.05) is 13.1 Å². The minimum Gasteiger partial charge on any atom is -0.296 e. The van der Waals surface area contributed by atoms with E-state index in [-0.39, 0.29) is 5.54 Å². The van der Waals surface area contributed by atoms with E-state index in [1.165, 1.54) is 32.4 Å². The Hall–Kier alpha value is -0.970. The highest BCUT2D eigenvalue weighted by molar-refractivity contribution is 4.88. The van der Waals surface area contributed by atoms with E-state index in [1.54, 1.807) is 0 Å². The molecule has 102 valence electrons. The molecule has 0 spiro atoms. The normalized spacial score (nSPS) is 22.3. The van der Waals surface area contributed by atoms with Crippen molar-refractivity contribution in [3.8, 4) is 0 Å². The fourth-order valence-corrected chi connectivity index (χ4v) is 2.65. The second-order valence-corrected chi connectivity index (χ2v) is 6.33. The van der Waals surface area contributed by atoms with Gasteiger partial charge in [-0.2, -0.15) is 0 Å². The monoisotopic (exact) mass is 251 g/mol. The van der Waals surface area contributed by atoms with E-state index in [1.807, 2.05) is 4.68 Å². The van der Waals surface area contributed by atoms with Crippen LogP contribution in [-0.4, -0.2) is 38.2 Å². The number of hydrogen-bond donors (Lipinski definition) is 0. The van der Waals surface area contributed by atoms with Gasteiger partial charge in [0.2, 0.25) is 0 Å². The second-order valence-electron chi connectivity index (χ2n) is 6.33. The van der Waals surface area contributed by atoms with Crippen LogP contribution in [0.15, 0.2) is 0 Å². The summed E-state index contributed by atoms with van der Waals surface area (Å²) in [6, 6.07) is 0. The summed E-state index contributed by atoms with van der Waals surface area (Å²) in [6.45, 7) is 11.9. The molecule has 1 aromatic rings. The van der Waals surface area contributed by atoms with Crippen LogP contribution < -0.4 is 0 Å². The van der Waals surface area contributed by atoms with Gasteiger partial charge in [-0.05, 0) is 56.5 Å². The first-order valence-corrected chi connectivity index (χ1v) is 7.00. The van der Waals surface area contributed by atoms with Crippen LogP contribution in [-0.2, 0) is 12.1 Å². The Morgan fingerprint density at radius 1 is 1.33 bits per heavy atom. The zero-order valence-corrected chi connectivity index (χ0v) is 12.1. The third-order valence-electron chi connectivity index (χ3n) is 3.71. The summed E-state index contributed by atoms with van der Waals surface area (Å²) in [6.07, 6.45) is 3.95. The van der Waals surface area contributed by atoms with Crippen LogP contribution >= 0.6 is 0 Å². The van der Waals surface area contributed by atoms with Gasteiger partial charge in [0, 0.05) is 6.54 Å². The molecule has 0 saturated carbocycles. The molecular formula is C13H25N5. The first-order chi connectivity index (χ1) is 8.50. The van der Waals surface area contributed by atoms with E-state index in [2.05, 4.69) is 48.1 Å². The fourth-order valence-electron chi connectivity index (χ4n) is 2.65. The summed E-state index contributed by atoms with van der Waals surface area (Å²) in [5.41, 5.74) is -0.0429. The van der Waals surface area contributed by atoms with Crippen molar-refractivity contribution in [2.45, 2.75) is 59.0 Å². The molecule has 18 heavy (non-hydrogen) atoms. The van der Waals surface area contributed by atoms with Crippen molar-refractivity contribution in [3.63, 3.8) is 0 Å². The smallest absolute Gasteiger partial charge is 0.165 e. The van der Waals surface area contributed by atoms with Gasteiger partial charge < -0.3 is 0 Å². The SMILES string of the molecule is CC[C@@H]1CCCN(Cc2nnnn2C(C)(C)C)C1. The Morgan fingerprint density at radius 3 is 2.78 bits per heavy atom. The lowest BCUT2D eigenvalue weighted by atomic mass is 9.96. The first-order valence-electron chi connectivity index (χ1n) is 7.00. The van der Waals surface area contributed by atoms with Crippen LogP contribution in [0.1, 0.15) is 52.8 Å². The van der Waals surface area contributed by atoms with Crippen molar-refractivity contribution in [2.24, 2.45) is 5.92 Å². The maximum atomic E-state index is 4.19. The molecule has 0 aromatic carbocycles. The van der Waals surface area contributed by atoms with Crippen molar-refractivity contribution in [1.82, 2.24) is 25.1 Å². The van der Waals surface area contributed by atoms with Crippen molar-refractivity contribution >= 4 is 0 Å². The Morgan fingerprint density at radius 2 is 2.11 bits per heavy atom. The standard InChI is InChI=1S/C13H25N5/c1-5-11-7-6-8-17(9-11)10-12-14-15-16-18(12)13(2,3)4/h11H,5-10H2,1-4H3/t11-/m1/s1. The van der Waals surface area contributed by atoms with E-state index in [0.717, 1.165) is 18.3 Å². The van der Waals surface area contributed by atoms with E-state index in [9.17, 15) is 0 Å². The summed E-state index contributed by atoms with van der Waals surface area (Å²) >= 11 is 0. The molecule has 0 radical (unpaired) electrons. The Kier molecular flexibility index (Phi) is 4.00. The molecule has 0 unspecified atom stereocenters. The lowest BCUT2D eigenvalue weighted by molar-refractivity contribution is 0.155. The maximum absolute atomic E-state index is 4.19. The summed E-state index contributed by atoms with van der Waals surface area (Å²) in [7, 11) is 0. The number of likely N-dealkylation sites (tertiary alicyclic amines) is 1. The van der Waals surface area contributed by atoms with Crippen LogP contribution in [0.2, 0.25) is 0 Å². The lowest BCUT2D eigenvalue weighted by Crippen LogP contribution is -2.36. The zero-order valence-electron chi connectivity index (χ0n) is 12.1. The number of tetrazole rings is 1. The number of aromatic nitrogens is 4. The first kappa shape index (κ1) is 13.5. The summed E-state index contributed by atoms with van der Waals surface area (Å²) in [4.78, 5) is 2.49. The van der Waals surface area contributed by atoms with E-state index in [4.69, 9.17) is 0 Å². The van der Waals surface area contributed by atoms with Gasteiger partial charge in [0.15, 0.2) is 5.82 Å². The van der Waals surface area contributed by atoms with Gasteiger partial charge in [-0.3, -0.25) is 4.90 Å². The average Bonchev–Trinajstić information content (AvgIpc) is 2.77. The minimum atomic E-state index is -0.0429. The van der Waals surface area contributed by atoms with Gasteiger partial charge in [0.05, 0.1) is 12.1 Å². The van der Waals surface area contributed by atoms with Gasteiger partial charge in [0.1, 0.15) is 0 Å². The van der Waals surface area contributed by atoms with Crippen LogP contribution in [0.4, 0.5) is 0 Å². The van der Waals surface area contributed by atoms with Crippen LogP contribution in [0.25, 0.3) is 0 Å². The highest BCUT2D eigenvalue weighted by Crippen LogP contribution is 2.21. The Bertz CT molecular complexity index is 379. The molecule has 1 aromatic heterocycles. The maximum Gasteiger partial charge on any atom is 0.165 e. The predicted octanol–water partition coefficient (Wildman–Crippen LogP) is 2.05. The van der Waals surface area contributed by atoms with Gasteiger partial charge >= 0.3 is 0 Å². The van der Waals surface area contributed by atoms with Gasteiger partial charge in [-0.25, -0.2) is 4.68 Å². The summed E-state index contributed by atoms with van der Waals surface area (Å²) in [5.74, 6) is 1.83. The molecule has 0 N–H and O–H groups in total. The predicted molar refractivity (Wildman–Crippen MR) is 71.1 cm³/mol. The van der Waals surface area contributed by atoms with Crippen molar-refractivity contribution < 1.29 is 0 Å². The van der Waals surface area contributed by atoms with Gasteiger partial charge in [-0.15, -0.1) is 5.10 Å². The number of nitrogens with zero attached hydrogens (tertiary/aromatic N) is 5. The molecule has 2 rings (SSSR count). The second kappa shape index (κ2) is 5.34. The van der Waals surface area contributed by atoms with E-state index >= 15 is 0 Å².